The Kier molecular flexibility index (Phi) is 3.41. The molecule has 0 heterocycles. The minimum atomic E-state index is -3.97. The Balaban J connectivity index is 3.30. The van der Waals surface area contributed by atoms with Gasteiger partial charge in [0.15, 0.2) is 0 Å². The molecular formula is C9H14FNO3SSi. The summed E-state index contributed by atoms with van der Waals surface area (Å²) < 4.78 is 41.0. The van der Waals surface area contributed by atoms with Crippen molar-refractivity contribution in [2.24, 2.45) is 5.14 Å². The topological polar surface area (TPSA) is 69.4 Å². The van der Waals surface area contributed by atoms with Crippen LogP contribution in [0.15, 0.2) is 23.1 Å². The Morgan fingerprint density at radius 3 is 2.31 bits per heavy atom. The Morgan fingerprint density at radius 1 is 1.31 bits per heavy atom. The Hall–Kier alpha value is -0.923. The van der Waals surface area contributed by atoms with Crippen LogP contribution in [0.3, 0.4) is 0 Å². The Labute approximate surface area is 95.4 Å². The normalized spacial score (nSPS) is 12.6. The molecule has 0 saturated carbocycles. The van der Waals surface area contributed by atoms with Gasteiger partial charge in [-0.3, -0.25) is 0 Å². The second-order valence-electron chi connectivity index (χ2n) is 4.35. The first-order valence-electron chi connectivity index (χ1n) is 4.61. The molecule has 0 fully saturated rings. The number of benzene rings is 1. The number of hydrogen-bond acceptors (Lipinski definition) is 3. The zero-order chi connectivity index (χ0) is 12.6. The lowest BCUT2D eigenvalue weighted by Gasteiger charge is -2.20. The third-order valence-corrected chi connectivity index (χ3v) is 3.39. The third-order valence-electron chi connectivity index (χ3n) is 1.63. The highest BCUT2D eigenvalue weighted by Crippen LogP contribution is 2.26. The van der Waals surface area contributed by atoms with E-state index in [0.29, 0.717) is 0 Å². The average Bonchev–Trinajstić information content (AvgIpc) is 2.04. The molecule has 7 heteroatoms. The van der Waals surface area contributed by atoms with Gasteiger partial charge in [0.05, 0.1) is 0 Å². The Morgan fingerprint density at radius 2 is 1.88 bits per heavy atom. The quantitative estimate of drug-likeness (QED) is 0.844. The summed E-state index contributed by atoms with van der Waals surface area (Å²) in [5, 5.41) is 4.99. The lowest BCUT2D eigenvalue weighted by Crippen LogP contribution is -2.30. The molecule has 0 amide bonds. The molecule has 0 aromatic heterocycles. The molecule has 0 unspecified atom stereocenters. The van der Waals surface area contributed by atoms with Crippen molar-refractivity contribution in [3.8, 4) is 5.75 Å². The largest absolute Gasteiger partial charge is 0.543 e. The van der Waals surface area contributed by atoms with E-state index in [-0.39, 0.29) is 10.6 Å². The van der Waals surface area contributed by atoms with Gasteiger partial charge in [0.2, 0.25) is 18.3 Å². The third kappa shape index (κ3) is 3.58. The van der Waals surface area contributed by atoms with Gasteiger partial charge >= 0.3 is 0 Å². The molecule has 0 bridgehead atoms. The van der Waals surface area contributed by atoms with E-state index in [4.69, 9.17) is 9.56 Å². The summed E-state index contributed by atoms with van der Waals surface area (Å²) in [4.78, 5) is -0.310. The highest BCUT2D eigenvalue weighted by molar-refractivity contribution is 7.89. The van der Waals surface area contributed by atoms with Gasteiger partial charge in [-0.25, -0.2) is 17.9 Å². The predicted octanol–water partition coefficient (Wildman–Crippen LogP) is 1.69. The van der Waals surface area contributed by atoms with Crippen LogP contribution in [-0.2, 0) is 10.0 Å². The minimum absolute atomic E-state index is 0.114. The van der Waals surface area contributed by atoms with Crippen LogP contribution >= 0.6 is 0 Å². The summed E-state index contributed by atoms with van der Waals surface area (Å²) in [6.45, 7) is 5.68. The highest BCUT2D eigenvalue weighted by Gasteiger charge is 2.22. The Bertz CT molecular complexity index is 496. The number of halogens is 1. The number of rotatable bonds is 3. The van der Waals surface area contributed by atoms with E-state index in [1.807, 2.05) is 19.6 Å². The van der Waals surface area contributed by atoms with Gasteiger partial charge in [-0.2, -0.15) is 0 Å². The van der Waals surface area contributed by atoms with E-state index < -0.39 is 24.2 Å². The molecule has 0 atom stereocenters. The highest BCUT2D eigenvalue weighted by atomic mass is 32.2. The summed E-state index contributed by atoms with van der Waals surface area (Å²) in [6.07, 6.45) is 0. The molecule has 0 aliphatic heterocycles. The lowest BCUT2D eigenvalue weighted by molar-refractivity contribution is 0.528. The maximum atomic E-state index is 12.9. The fraction of sp³-hybridized carbons (Fsp3) is 0.333. The molecule has 0 saturated heterocycles. The number of nitrogens with two attached hydrogens (primary N) is 1. The van der Waals surface area contributed by atoms with Gasteiger partial charge in [-0.05, 0) is 37.8 Å². The zero-order valence-electron chi connectivity index (χ0n) is 9.32. The lowest BCUT2D eigenvalue weighted by atomic mass is 10.3. The van der Waals surface area contributed by atoms with Gasteiger partial charge in [-0.1, -0.05) is 0 Å². The molecule has 16 heavy (non-hydrogen) atoms. The first kappa shape index (κ1) is 13.1. The first-order valence-corrected chi connectivity index (χ1v) is 9.56. The second kappa shape index (κ2) is 4.15. The molecule has 1 aromatic rings. The van der Waals surface area contributed by atoms with E-state index in [1.54, 1.807) is 0 Å². The van der Waals surface area contributed by atoms with Crippen molar-refractivity contribution in [3.63, 3.8) is 0 Å². The molecule has 0 aliphatic carbocycles. The van der Waals surface area contributed by atoms with Crippen LogP contribution in [0, 0.1) is 5.82 Å². The molecular weight excluding hydrogens is 249 g/mol. The number of sulfonamides is 1. The SMILES string of the molecule is C[Si](C)(C)Oc1ccc(F)cc1S(N)(=O)=O. The van der Waals surface area contributed by atoms with E-state index in [2.05, 4.69) is 0 Å². The van der Waals surface area contributed by atoms with Gasteiger partial charge < -0.3 is 4.43 Å². The van der Waals surface area contributed by atoms with Gasteiger partial charge in [-0.15, -0.1) is 0 Å². The van der Waals surface area contributed by atoms with E-state index in [0.717, 1.165) is 12.1 Å². The van der Waals surface area contributed by atoms with Crippen molar-refractivity contribution < 1.29 is 17.2 Å². The first-order chi connectivity index (χ1) is 7.09. The van der Waals surface area contributed by atoms with E-state index in [9.17, 15) is 12.8 Å². The van der Waals surface area contributed by atoms with Crippen molar-refractivity contribution in [2.45, 2.75) is 24.5 Å². The molecule has 0 spiro atoms. The van der Waals surface area contributed by atoms with E-state index >= 15 is 0 Å². The monoisotopic (exact) mass is 263 g/mol. The fourth-order valence-corrected chi connectivity index (χ4v) is 2.70. The molecule has 2 N–H and O–H groups in total. The minimum Gasteiger partial charge on any atom is -0.543 e. The van der Waals surface area contributed by atoms with Crippen molar-refractivity contribution in [1.82, 2.24) is 0 Å². The second-order valence-corrected chi connectivity index (χ2v) is 10.3. The van der Waals surface area contributed by atoms with Crippen molar-refractivity contribution >= 4 is 18.3 Å². The van der Waals surface area contributed by atoms with Crippen LogP contribution in [0.25, 0.3) is 0 Å². The van der Waals surface area contributed by atoms with Gasteiger partial charge in [0.25, 0.3) is 0 Å². The predicted molar refractivity (Wildman–Crippen MR) is 61.7 cm³/mol. The van der Waals surface area contributed by atoms with Crippen molar-refractivity contribution in [3.05, 3.63) is 24.0 Å². The molecule has 0 aliphatic rings. The van der Waals surface area contributed by atoms with Gasteiger partial charge in [0, 0.05) is 0 Å². The van der Waals surface area contributed by atoms with Crippen LogP contribution in [0.5, 0.6) is 5.75 Å². The number of primary sulfonamides is 1. The van der Waals surface area contributed by atoms with E-state index in [1.165, 1.54) is 6.07 Å². The number of hydrogen-bond donors (Lipinski definition) is 1. The van der Waals surface area contributed by atoms with Gasteiger partial charge in [0.1, 0.15) is 16.5 Å². The van der Waals surface area contributed by atoms with Crippen LogP contribution in [0.2, 0.25) is 19.6 Å². The summed E-state index contributed by atoms with van der Waals surface area (Å²) in [7, 11) is -5.94. The van der Waals surface area contributed by atoms with Crippen LogP contribution in [0.1, 0.15) is 0 Å². The zero-order valence-corrected chi connectivity index (χ0v) is 11.1. The summed E-state index contributed by atoms with van der Waals surface area (Å²) >= 11 is 0. The van der Waals surface area contributed by atoms with Crippen LogP contribution < -0.4 is 9.56 Å². The molecule has 0 radical (unpaired) electrons. The maximum absolute atomic E-state index is 12.9. The summed E-state index contributed by atoms with van der Waals surface area (Å²) in [5.41, 5.74) is 0. The van der Waals surface area contributed by atoms with Crippen molar-refractivity contribution in [2.75, 3.05) is 0 Å². The molecule has 90 valence electrons. The van der Waals surface area contributed by atoms with Crippen molar-refractivity contribution in [1.29, 1.82) is 0 Å². The maximum Gasteiger partial charge on any atom is 0.242 e. The van der Waals surface area contributed by atoms with Crippen LogP contribution in [0.4, 0.5) is 4.39 Å². The molecule has 1 rings (SSSR count). The fourth-order valence-electron chi connectivity index (χ4n) is 1.12. The summed E-state index contributed by atoms with van der Waals surface area (Å²) in [6, 6.07) is 3.29. The standard InChI is InChI=1S/C9H14FNO3SSi/c1-16(2,3)14-8-5-4-7(10)6-9(8)15(11,12)13/h4-6H,1-3H3,(H2,11,12,13). The smallest absolute Gasteiger partial charge is 0.242 e. The average molecular weight is 263 g/mol. The van der Waals surface area contributed by atoms with Crippen LogP contribution in [-0.4, -0.2) is 16.7 Å². The summed E-state index contributed by atoms with van der Waals surface area (Å²) in [5.74, 6) is -0.546. The molecule has 1 aromatic carbocycles. The molecule has 4 nitrogen and oxygen atoms in total.